The van der Waals surface area contributed by atoms with Crippen LogP contribution in [0.1, 0.15) is 19.4 Å². The second-order valence-electron chi connectivity index (χ2n) is 8.79. The van der Waals surface area contributed by atoms with Crippen LogP contribution in [0.4, 0.5) is 26.2 Å². The summed E-state index contributed by atoms with van der Waals surface area (Å²) in [7, 11) is 0. The van der Waals surface area contributed by atoms with Gasteiger partial charge in [-0.15, -0.1) is 0 Å². The molecule has 2 saturated heterocycles. The van der Waals surface area contributed by atoms with Crippen LogP contribution in [-0.2, 0) is 9.53 Å². The minimum Gasteiger partial charge on any atom is -0.442 e. The summed E-state index contributed by atoms with van der Waals surface area (Å²) in [6.07, 6.45) is 1.37. The molecule has 1 unspecified atom stereocenters. The van der Waals surface area contributed by atoms with Crippen LogP contribution >= 0.6 is 0 Å². The Labute approximate surface area is 207 Å². The van der Waals surface area contributed by atoms with Gasteiger partial charge in [0.25, 0.3) is 0 Å². The number of ether oxygens (including phenoxy) is 1. The van der Waals surface area contributed by atoms with Crippen LogP contribution in [0.5, 0.6) is 0 Å². The zero-order valence-corrected chi connectivity index (χ0v) is 19.6. The van der Waals surface area contributed by atoms with Crippen LogP contribution in [-0.4, -0.2) is 59.3 Å². The number of carbonyl (C=O) groups excluding carboxylic acids is 2. The molecule has 2 aliphatic heterocycles. The Bertz CT molecular complexity index is 1350. The maximum absolute atomic E-state index is 15.1. The molecule has 1 N–H and O–H groups in total. The maximum atomic E-state index is 15.1. The van der Waals surface area contributed by atoms with Gasteiger partial charge in [0.05, 0.1) is 43.3 Å². The predicted molar refractivity (Wildman–Crippen MR) is 130 cm³/mol. The number of carbonyl (C=O) groups is 2. The van der Waals surface area contributed by atoms with Gasteiger partial charge in [-0.3, -0.25) is 9.69 Å². The molecule has 1 aromatic heterocycles. The van der Waals surface area contributed by atoms with Gasteiger partial charge in [0.2, 0.25) is 5.91 Å². The highest BCUT2D eigenvalue weighted by Crippen LogP contribution is 2.32. The summed E-state index contributed by atoms with van der Waals surface area (Å²) < 4.78 is 20.4. The van der Waals surface area contributed by atoms with Crippen molar-refractivity contribution in [1.82, 2.24) is 20.3 Å². The van der Waals surface area contributed by atoms with E-state index in [2.05, 4.69) is 20.4 Å². The van der Waals surface area contributed by atoms with E-state index in [1.165, 1.54) is 17.9 Å². The van der Waals surface area contributed by atoms with Gasteiger partial charge in [-0.2, -0.15) is 15.0 Å². The van der Waals surface area contributed by atoms with Gasteiger partial charge >= 0.3 is 6.09 Å². The largest absolute Gasteiger partial charge is 0.442 e. The second-order valence-corrected chi connectivity index (χ2v) is 8.79. The number of aromatic nitrogens is 3. The normalized spacial score (nSPS) is 19.3. The molecule has 36 heavy (non-hydrogen) atoms. The fraction of sp³-hybridized carbons (Fsp3) is 0.320. The van der Waals surface area contributed by atoms with E-state index in [0.29, 0.717) is 35.8 Å². The zero-order valence-electron chi connectivity index (χ0n) is 19.6. The van der Waals surface area contributed by atoms with Crippen LogP contribution in [0, 0.1) is 12.4 Å². The molecule has 2 fully saturated rings. The lowest BCUT2D eigenvalue weighted by atomic mass is 10.1. The summed E-state index contributed by atoms with van der Waals surface area (Å²) in [5, 5.41) is 11.6. The summed E-state index contributed by atoms with van der Waals surface area (Å²) in [5.74, 6) is -0.643. The standard InChI is InChI=1S/C25H24FN7O3/c1-16(34)28-12-21-15-32(25(35)36-21)19-6-7-24(22(26)11-19)31-9-8-20(14-31)33-29-13-23(30-33)17-4-3-5-18(10-17)27-2/h3-7,10-11,13,20-21H,8-9,12,14-15H2,1H3,(H,28,34)/t20?,21-/m0/s1. The SMILES string of the molecule is [C-]#[N+]c1cccc(-c2cnn(C3CCN(c4ccc(N5C[C@H](CNC(C)=O)OC5=O)cc4F)C3)n2)c1. The van der Waals surface area contributed by atoms with E-state index >= 15 is 4.39 Å². The van der Waals surface area contributed by atoms with Crippen LogP contribution in [0.15, 0.2) is 48.7 Å². The fourth-order valence-corrected chi connectivity index (χ4v) is 4.48. The van der Waals surface area contributed by atoms with Gasteiger partial charge in [0.1, 0.15) is 17.6 Å². The molecule has 0 saturated carbocycles. The molecule has 3 heterocycles. The minimum atomic E-state index is -0.568. The van der Waals surface area contributed by atoms with Gasteiger partial charge < -0.3 is 15.0 Å². The number of benzene rings is 2. The lowest BCUT2D eigenvalue weighted by molar-refractivity contribution is -0.119. The van der Waals surface area contributed by atoms with Gasteiger partial charge in [0.15, 0.2) is 5.69 Å². The van der Waals surface area contributed by atoms with E-state index in [1.54, 1.807) is 35.3 Å². The molecule has 0 radical (unpaired) electrons. The van der Waals surface area contributed by atoms with Crippen molar-refractivity contribution in [3.8, 4) is 11.3 Å². The van der Waals surface area contributed by atoms with E-state index in [9.17, 15) is 9.59 Å². The summed E-state index contributed by atoms with van der Waals surface area (Å²) in [4.78, 5) is 31.8. The number of cyclic esters (lactones) is 1. The Balaban J connectivity index is 1.25. The molecule has 184 valence electrons. The summed E-state index contributed by atoms with van der Waals surface area (Å²) >= 11 is 0. The van der Waals surface area contributed by atoms with Crippen LogP contribution in [0.3, 0.4) is 0 Å². The molecule has 11 heteroatoms. The van der Waals surface area contributed by atoms with Crippen molar-refractivity contribution in [2.24, 2.45) is 0 Å². The third-order valence-corrected chi connectivity index (χ3v) is 6.31. The van der Waals surface area contributed by atoms with Gasteiger partial charge in [-0.1, -0.05) is 18.2 Å². The van der Waals surface area contributed by atoms with E-state index in [-0.39, 0.29) is 25.0 Å². The fourth-order valence-electron chi connectivity index (χ4n) is 4.48. The Hall–Kier alpha value is -4.46. The van der Waals surface area contributed by atoms with Crippen LogP contribution in [0.25, 0.3) is 16.1 Å². The first kappa shape index (κ1) is 23.3. The van der Waals surface area contributed by atoms with Crippen LogP contribution in [0.2, 0.25) is 0 Å². The Morgan fingerprint density at radius 2 is 2.14 bits per heavy atom. The smallest absolute Gasteiger partial charge is 0.414 e. The third-order valence-electron chi connectivity index (χ3n) is 6.31. The molecule has 0 bridgehead atoms. The summed E-state index contributed by atoms with van der Waals surface area (Å²) in [6.45, 7) is 10.2. The number of hydrogen-bond donors (Lipinski definition) is 1. The average molecular weight is 490 g/mol. The Morgan fingerprint density at radius 3 is 2.92 bits per heavy atom. The number of rotatable bonds is 6. The number of halogens is 1. The van der Waals surface area contributed by atoms with Crippen molar-refractivity contribution in [2.45, 2.75) is 25.5 Å². The first-order chi connectivity index (χ1) is 17.4. The average Bonchev–Trinajstić information content (AvgIpc) is 3.62. The van der Waals surface area contributed by atoms with Gasteiger partial charge in [0, 0.05) is 20.0 Å². The number of anilines is 2. The maximum Gasteiger partial charge on any atom is 0.414 e. The summed E-state index contributed by atoms with van der Waals surface area (Å²) in [6, 6.07) is 11.9. The molecule has 3 aromatic rings. The molecule has 2 aliphatic rings. The number of amides is 2. The first-order valence-corrected chi connectivity index (χ1v) is 11.6. The molecular weight excluding hydrogens is 465 g/mol. The third kappa shape index (κ3) is 4.70. The van der Waals surface area contributed by atoms with Crippen LogP contribution < -0.4 is 15.1 Å². The lowest BCUT2D eigenvalue weighted by Gasteiger charge is -2.21. The van der Waals surface area contributed by atoms with Gasteiger partial charge in [-0.05, 0) is 36.2 Å². The summed E-state index contributed by atoms with van der Waals surface area (Å²) in [5.41, 5.74) is 2.90. The lowest BCUT2D eigenvalue weighted by Crippen LogP contribution is -2.33. The predicted octanol–water partition coefficient (Wildman–Crippen LogP) is 3.55. The van der Waals surface area contributed by atoms with Crippen molar-refractivity contribution in [1.29, 1.82) is 0 Å². The number of nitrogens with zero attached hydrogens (tertiary/aromatic N) is 6. The highest BCUT2D eigenvalue weighted by molar-refractivity contribution is 5.90. The zero-order chi connectivity index (χ0) is 25.2. The topological polar surface area (TPSA) is 97.0 Å². The molecule has 10 nitrogen and oxygen atoms in total. The highest BCUT2D eigenvalue weighted by Gasteiger charge is 2.33. The molecule has 0 spiro atoms. The number of nitrogens with one attached hydrogen (secondary N) is 1. The molecule has 2 atom stereocenters. The molecule has 2 amide bonds. The highest BCUT2D eigenvalue weighted by atomic mass is 19.1. The molecular formula is C25H24FN7O3. The first-order valence-electron chi connectivity index (χ1n) is 11.6. The molecule has 0 aliphatic carbocycles. The van der Waals surface area contributed by atoms with E-state index < -0.39 is 18.0 Å². The van der Waals surface area contributed by atoms with Crippen molar-refractivity contribution in [3.05, 3.63) is 65.9 Å². The molecule has 5 rings (SSSR count). The second kappa shape index (κ2) is 9.65. The van der Waals surface area contributed by atoms with Crippen molar-refractivity contribution >= 4 is 29.1 Å². The minimum absolute atomic E-state index is 0.0232. The van der Waals surface area contributed by atoms with E-state index in [0.717, 1.165) is 12.0 Å². The van der Waals surface area contributed by atoms with Crippen molar-refractivity contribution in [2.75, 3.05) is 36.0 Å². The Kier molecular flexibility index (Phi) is 6.25. The Morgan fingerprint density at radius 1 is 1.28 bits per heavy atom. The monoisotopic (exact) mass is 489 g/mol. The molecule has 2 aromatic carbocycles. The van der Waals surface area contributed by atoms with E-state index in [4.69, 9.17) is 11.3 Å². The van der Waals surface area contributed by atoms with Crippen molar-refractivity contribution < 1.29 is 18.7 Å². The van der Waals surface area contributed by atoms with E-state index in [1.807, 2.05) is 17.0 Å². The van der Waals surface area contributed by atoms with Gasteiger partial charge in [-0.25, -0.2) is 14.0 Å². The quantitative estimate of drug-likeness (QED) is 0.532. The van der Waals surface area contributed by atoms with Crippen molar-refractivity contribution in [3.63, 3.8) is 0 Å². The number of hydrogen-bond acceptors (Lipinski definition) is 6.